The lowest BCUT2D eigenvalue weighted by atomic mass is 10.2. The Kier molecular flexibility index (Phi) is 3.24. The molecule has 0 bridgehead atoms. The van der Waals surface area contributed by atoms with Crippen LogP contribution in [0.25, 0.3) is 0 Å². The Morgan fingerprint density at radius 1 is 1.29 bits per heavy atom. The van der Waals surface area contributed by atoms with Gasteiger partial charge in [0.25, 0.3) is 5.56 Å². The molecule has 0 aliphatic heterocycles. The lowest BCUT2D eigenvalue weighted by molar-refractivity contribution is 1.06. The van der Waals surface area contributed by atoms with Gasteiger partial charge in [-0.3, -0.25) is 9.78 Å². The van der Waals surface area contributed by atoms with Crippen LogP contribution in [0.4, 0.5) is 11.4 Å². The van der Waals surface area contributed by atoms with Gasteiger partial charge >= 0.3 is 0 Å². The van der Waals surface area contributed by atoms with Crippen molar-refractivity contribution in [3.05, 3.63) is 51.2 Å². The Hall–Kier alpha value is -2.08. The molecule has 86 valence electrons. The number of azo groups is 1. The summed E-state index contributed by atoms with van der Waals surface area (Å²) in [5, 5.41) is 7.84. The van der Waals surface area contributed by atoms with E-state index in [1.54, 1.807) is 0 Å². The van der Waals surface area contributed by atoms with E-state index in [9.17, 15) is 4.79 Å². The fourth-order valence-corrected chi connectivity index (χ4v) is 1.43. The number of nitrogens with zero attached hydrogens (tertiary/aromatic N) is 2. The minimum atomic E-state index is -0.356. The number of H-pyrrole nitrogens is 2. The van der Waals surface area contributed by atoms with Crippen LogP contribution in [0.1, 0.15) is 5.56 Å². The van der Waals surface area contributed by atoms with Crippen LogP contribution >= 0.6 is 12.2 Å². The van der Waals surface area contributed by atoms with Crippen molar-refractivity contribution < 1.29 is 0 Å². The number of rotatable bonds is 2. The maximum atomic E-state index is 11.4. The molecule has 5 nitrogen and oxygen atoms in total. The van der Waals surface area contributed by atoms with Crippen LogP contribution in [0.15, 0.2) is 45.5 Å². The third kappa shape index (κ3) is 2.94. The molecule has 0 aliphatic rings. The van der Waals surface area contributed by atoms with Gasteiger partial charge in [-0.1, -0.05) is 12.1 Å². The quantitative estimate of drug-likeness (QED) is 0.631. The Balaban J connectivity index is 2.32. The van der Waals surface area contributed by atoms with Crippen molar-refractivity contribution in [2.24, 2.45) is 10.2 Å². The van der Waals surface area contributed by atoms with Crippen LogP contribution in [-0.4, -0.2) is 9.97 Å². The molecule has 0 fully saturated rings. The molecule has 1 heterocycles. The van der Waals surface area contributed by atoms with Crippen LogP contribution in [0, 0.1) is 11.7 Å². The maximum absolute atomic E-state index is 11.4. The lowest BCUT2D eigenvalue weighted by Gasteiger charge is -1.94. The number of nitrogens with one attached hydrogen (secondary N) is 2. The summed E-state index contributed by atoms with van der Waals surface area (Å²) in [6.45, 7) is 1.96. The van der Waals surface area contributed by atoms with E-state index in [0.29, 0.717) is 5.69 Å². The lowest BCUT2D eigenvalue weighted by Crippen LogP contribution is -2.05. The summed E-state index contributed by atoms with van der Waals surface area (Å²) in [5.41, 5.74) is 1.62. The third-order valence-electron chi connectivity index (χ3n) is 2.07. The molecule has 0 saturated carbocycles. The second kappa shape index (κ2) is 4.84. The standard InChI is InChI=1S/C11H10N4OS/c1-7-3-2-4-8(5-7)14-15-9-6-12-11(17)13-10(9)16/h2-6H,1H3,(H2,12,13,16,17). The highest BCUT2D eigenvalue weighted by Gasteiger charge is 1.96. The van der Waals surface area contributed by atoms with Gasteiger partial charge in [0.2, 0.25) is 0 Å². The minimum absolute atomic E-state index is 0.195. The van der Waals surface area contributed by atoms with Crippen LogP contribution in [-0.2, 0) is 0 Å². The van der Waals surface area contributed by atoms with Gasteiger partial charge in [0.1, 0.15) is 0 Å². The van der Waals surface area contributed by atoms with Gasteiger partial charge in [-0.25, -0.2) is 0 Å². The average Bonchev–Trinajstić information content (AvgIpc) is 2.28. The van der Waals surface area contributed by atoms with Crippen molar-refractivity contribution in [1.82, 2.24) is 9.97 Å². The molecule has 0 unspecified atom stereocenters. The van der Waals surface area contributed by atoms with E-state index in [2.05, 4.69) is 20.2 Å². The zero-order valence-corrected chi connectivity index (χ0v) is 9.91. The fraction of sp³-hybridized carbons (Fsp3) is 0.0909. The van der Waals surface area contributed by atoms with Gasteiger partial charge in [0.15, 0.2) is 10.5 Å². The molecular weight excluding hydrogens is 236 g/mol. The zero-order valence-electron chi connectivity index (χ0n) is 9.10. The molecule has 1 aromatic heterocycles. The highest BCUT2D eigenvalue weighted by Crippen LogP contribution is 2.15. The first kappa shape index (κ1) is 11.4. The number of hydrogen-bond donors (Lipinski definition) is 2. The van der Waals surface area contributed by atoms with Gasteiger partial charge in [0.05, 0.1) is 5.69 Å². The summed E-state index contributed by atoms with van der Waals surface area (Å²) in [7, 11) is 0. The molecule has 0 aliphatic carbocycles. The van der Waals surface area contributed by atoms with E-state index in [0.717, 1.165) is 5.56 Å². The molecule has 0 radical (unpaired) electrons. The van der Waals surface area contributed by atoms with Crippen molar-refractivity contribution in [2.45, 2.75) is 6.92 Å². The molecule has 2 N–H and O–H groups in total. The SMILES string of the molecule is Cc1cccc(N=Nc2c[nH]c(=S)[nH]c2=O)c1. The van der Waals surface area contributed by atoms with Gasteiger partial charge < -0.3 is 4.98 Å². The van der Waals surface area contributed by atoms with Crippen molar-refractivity contribution in [3.63, 3.8) is 0 Å². The molecule has 0 spiro atoms. The predicted molar refractivity (Wildman–Crippen MR) is 67.6 cm³/mol. The molecule has 2 rings (SSSR count). The highest BCUT2D eigenvalue weighted by molar-refractivity contribution is 7.71. The fourth-order valence-electron chi connectivity index (χ4n) is 1.28. The van der Waals surface area contributed by atoms with Crippen molar-refractivity contribution in [2.75, 3.05) is 0 Å². The van der Waals surface area contributed by atoms with Gasteiger partial charge in [-0.05, 0) is 36.8 Å². The van der Waals surface area contributed by atoms with Crippen molar-refractivity contribution >= 4 is 23.6 Å². The molecule has 0 amide bonds. The Labute approximate surface area is 102 Å². The van der Waals surface area contributed by atoms with Crippen molar-refractivity contribution in [3.8, 4) is 0 Å². The van der Waals surface area contributed by atoms with Gasteiger partial charge in [-0.15, -0.1) is 5.11 Å². The number of aromatic nitrogens is 2. The topological polar surface area (TPSA) is 73.4 Å². The second-order valence-corrected chi connectivity index (χ2v) is 3.90. The third-order valence-corrected chi connectivity index (χ3v) is 2.29. The largest absolute Gasteiger partial charge is 0.337 e. The molecule has 2 aromatic rings. The molecular formula is C11H10N4OS. The number of aromatic amines is 2. The van der Waals surface area contributed by atoms with E-state index in [-0.39, 0.29) is 16.0 Å². The summed E-state index contributed by atoms with van der Waals surface area (Å²) in [4.78, 5) is 16.6. The maximum Gasteiger partial charge on any atom is 0.279 e. The Bertz CT molecular complexity index is 671. The Morgan fingerprint density at radius 3 is 2.82 bits per heavy atom. The Morgan fingerprint density at radius 2 is 2.12 bits per heavy atom. The van der Waals surface area contributed by atoms with Crippen molar-refractivity contribution in [1.29, 1.82) is 0 Å². The van der Waals surface area contributed by atoms with E-state index >= 15 is 0 Å². The van der Waals surface area contributed by atoms with Crippen LogP contribution in [0.5, 0.6) is 0 Å². The van der Waals surface area contributed by atoms with Crippen LogP contribution in [0.3, 0.4) is 0 Å². The minimum Gasteiger partial charge on any atom is -0.337 e. The first-order valence-electron chi connectivity index (χ1n) is 4.95. The molecule has 0 atom stereocenters. The molecule has 17 heavy (non-hydrogen) atoms. The van der Waals surface area contributed by atoms with E-state index in [4.69, 9.17) is 12.2 Å². The number of hydrogen-bond acceptors (Lipinski definition) is 4. The summed E-state index contributed by atoms with van der Waals surface area (Å²) in [5.74, 6) is 0. The smallest absolute Gasteiger partial charge is 0.279 e. The predicted octanol–water partition coefficient (Wildman–Crippen LogP) is 3.16. The van der Waals surface area contributed by atoms with Crippen LogP contribution in [0.2, 0.25) is 0 Å². The second-order valence-electron chi connectivity index (χ2n) is 3.50. The van der Waals surface area contributed by atoms with Gasteiger partial charge in [0, 0.05) is 6.20 Å². The summed E-state index contributed by atoms with van der Waals surface area (Å²) in [6, 6.07) is 7.54. The summed E-state index contributed by atoms with van der Waals surface area (Å²) >= 11 is 4.77. The molecule has 6 heteroatoms. The first-order valence-corrected chi connectivity index (χ1v) is 5.36. The molecule has 0 saturated heterocycles. The van der Waals surface area contributed by atoms with Crippen LogP contribution < -0.4 is 5.56 Å². The van der Waals surface area contributed by atoms with Gasteiger partial charge in [-0.2, -0.15) is 5.11 Å². The summed E-state index contributed by atoms with van der Waals surface area (Å²) < 4.78 is 0.268. The number of aryl methyl sites for hydroxylation is 1. The summed E-state index contributed by atoms with van der Waals surface area (Å²) in [6.07, 6.45) is 1.43. The highest BCUT2D eigenvalue weighted by atomic mass is 32.1. The van der Waals surface area contributed by atoms with E-state index in [1.165, 1.54) is 6.20 Å². The van der Waals surface area contributed by atoms with E-state index in [1.807, 2.05) is 31.2 Å². The number of benzene rings is 1. The monoisotopic (exact) mass is 246 g/mol. The van der Waals surface area contributed by atoms with E-state index < -0.39 is 0 Å². The first-order chi connectivity index (χ1) is 8.15. The zero-order chi connectivity index (χ0) is 12.3. The molecule has 1 aromatic carbocycles. The average molecular weight is 246 g/mol. The normalized spacial score (nSPS) is 10.9.